The van der Waals surface area contributed by atoms with E-state index in [1.54, 1.807) is 49.4 Å². The molecule has 0 aliphatic carbocycles. The van der Waals surface area contributed by atoms with Gasteiger partial charge in [-0.15, -0.1) is 0 Å². The highest BCUT2D eigenvalue weighted by molar-refractivity contribution is 6.03. The first-order valence-corrected chi connectivity index (χ1v) is 8.69. The molecule has 0 spiro atoms. The number of halogens is 1. The topological polar surface area (TPSA) is 90.7 Å². The van der Waals surface area contributed by atoms with Gasteiger partial charge in [-0.05, 0) is 43.2 Å². The van der Waals surface area contributed by atoms with Crippen LogP contribution in [0.25, 0.3) is 0 Å². The first-order valence-electron chi connectivity index (χ1n) is 8.69. The molecule has 0 radical (unpaired) electrons. The van der Waals surface area contributed by atoms with Crippen LogP contribution in [0.5, 0.6) is 0 Å². The fourth-order valence-corrected chi connectivity index (χ4v) is 2.66. The Labute approximate surface area is 162 Å². The molecule has 2 aromatic carbocycles. The predicted molar refractivity (Wildman–Crippen MR) is 104 cm³/mol. The number of hydrogen-bond acceptors (Lipinski definition) is 5. The monoisotopic (exact) mass is 375 g/mol. The van der Waals surface area contributed by atoms with E-state index in [1.165, 1.54) is 12.1 Å². The molecule has 28 heavy (non-hydrogen) atoms. The van der Waals surface area contributed by atoms with Crippen molar-refractivity contribution < 1.29 is 9.18 Å². The van der Waals surface area contributed by atoms with E-state index in [2.05, 4.69) is 20.6 Å². The van der Waals surface area contributed by atoms with Gasteiger partial charge < -0.3 is 10.6 Å². The Hall–Kier alpha value is -3.79. The fourth-order valence-electron chi connectivity index (χ4n) is 2.66. The van der Waals surface area contributed by atoms with Crippen molar-refractivity contribution >= 4 is 17.4 Å². The summed E-state index contributed by atoms with van der Waals surface area (Å²) in [5.74, 6) is 0.271. The van der Waals surface area contributed by atoms with Crippen molar-refractivity contribution in [2.75, 3.05) is 17.2 Å². The van der Waals surface area contributed by atoms with Crippen LogP contribution in [-0.4, -0.2) is 22.4 Å². The molecule has 0 fully saturated rings. The van der Waals surface area contributed by atoms with Crippen LogP contribution in [0.4, 0.5) is 15.9 Å². The number of hydrogen-bond donors (Lipinski definition) is 2. The molecule has 3 aromatic rings. The van der Waals surface area contributed by atoms with Crippen molar-refractivity contribution in [3.05, 3.63) is 83.1 Å². The van der Waals surface area contributed by atoms with Crippen LogP contribution in [0.1, 0.15) is 27.4 Å². The van der Waals surface area contributed by atoms with E-state index in [-0.39, 0.29) is 11.5 Å². The fraction of sp³-hybridized carbons (Fsp3) is 0.143. The number of rotatable bonds is 6. The molecule has 0 unspecified atom stereocenters. The third-order valence-corrected chi connectivity index (χ3v) is 3.98. The van der Waals surface area contributed by atoms with Gasteiger partial charge in [-0.25, -0.2) is 14.4 Å². The molecule has 0 aliphatic rings. The largest absolute Gasteiger partial charge is 0.370 e. The van der Waals surface area contributed by atoms with E-state index in [0.717, 1.165) is 0 Å². The minimum absolute atomic E-state index is 0.197. The average molecular weight is 375 g/mol. The van der Waals surface area contributed by atoms with Crippen LogP contribution < -0.4 is 10.6 Å². The van der Waals surface area contributed by atoms with Crippen molar-refractivity contribution in [2.24, 2.45) is 0 Å². The molecule has 7 heteroatoms. The summed E-state index contributed by atoms with van der Waals surface area (Å²) in [6, 6.07) is 16.8. The van der Waals surface area contributed by atoms with Crippen LogP contribution in [-0.2, 0) is 6.42 Å². The van der Waals surface area contributed by atoms with E-state index >= 15 is 0 Å². The molecular weight excluding hydrogens is 357 g/mol. The van der Waals surface area contributed by atoms with Gasteiger partial charge in [0.25, 0.3) is 5.91 Å². The van der Waals surface area contributed by atoms with Gasteiger partial charge in [-0.1, -0.05) is 24.3 Å². The van der Waals surface area contributed by atoms with Crippen LogP contribution in [0.2, 0.25) is 0 Å². The normalized spacial score (nSPS) is 10.2. The molecule has 6 nitrogen and oxygen atoms in total. The van der Waals surface area contributed by atoms with Crippen molar-refractivity contribution in [1.82, 2.24) is 9.97 Å². The van der Waals surface area contributed by atoms with Crippen molar-refractivity contribution in [3.63, 3.8) is 0 Å². The SMILES string of the molecule is Cc1nc(NCCc2ccccc2F)cc(C(=O)Nc2cccc(C#N)c2)n1. The molecule has 140 valence electrons. The number of nitrogens with one attached hydrogen (secondary N) is 2. The second kappa shape index (κ2) is 8.73. The summed E-state index contributed by atoms with van der Waals surface area (Å²) < 4.78 is 13.7. The van der Waals surface area contributed by atoms with Gasteiger partial charge in [0.15, 0.2) is 0 Å². The lowest BCUT2D eigenvalue weighted by molar-refractivity contribution is 0.102. The lowest BCUT2D eigenvalue weighted by Gasteiger charge is -2.10. The van der Waals surface area contributed by atoms with E-state index in [0.29, 0.717) is 41.4 Å². The Morgan fingerprint density at radius 2 is 1.96 bits per heavy atom. The standard InChI is InChI=1S/C21H18FN5O/c1-14-25-19(21(28)27-17-7-4-5-15(11-17)13-23)12-20(26-14)24-10-9-16-6-2-3-8-18(16)22/h2-8,11-12H,9-10H2,1H3,(H,27,28)(H,24,25,26). The summed E-state index contributed by atoms with van der Waals surface area (Å²) in [6.45, 7) is 2.15. The predicted octanol–water partition coefficient (Wildman–Crippen LogP) is 3.70. The maximum Gasteiger partial charge on any atom is 0.274 e. The molecule has 0 atom stereocenters. The molecule has 1 aromatic heterocycles. The maximum absolute atomic E-state index is 13.7. The average Bonchev–Trinajstić information content (AvgIpc) is 2.69. The number of anilines is 2. The van der Waals surface area contributed by atoms with Gasteiger partial charge in [0, 0.05) is 18.3 Å². The number of benzene rings is 2. The van der Waals surface area contributed by atoms with Gasteiger partial charge in [0.2, 0.25) is 0 Å². The molecule has 0 bridgehead atoms. The van der Waals surface area contributed by atoms with Crippen LogP contribution >= 0.6 is 0 Å². The Balaban J connectivity index is 1.67. The zero-order valence-corrected chi connectivity index (χ0v) is 15.2. The number of aromatic nitrogens is 2. The lowest BCUT2D eigenvalue weighted by atomic mass is 10.1. The summed E-state index contributed by atoms with van der Waals surface area (Å²) in [7, 11) is 0. The van der Waals surface area contributed by atoms with Gasteiger partial charge in [-0.2, -0.15) is 5.26 Å². The van der Waals surface area contributed by atoms with Gasteiger partial charge in [-0.3, -0.25) is 4.79 Å². The number of nitrogens with zero attached hydrogens (tertiary/aromatic N) is 3. The molecule has 0 saturated carbocycles. The molecule has 2 N–H and O–H groups in total. The summed E-state index contributed by atoms with van der Waals surface area (Å²) in [5.41, 5.74) is 1.76. The van der Waals surface area contributed by atoms with Crippen LogP contribution in [0.15, 0.2) is 54.6 Å². The van der Waals surface area contributed by atoms with Crippen molar-refractivity contribution in [3.8, 4) is 6.07 Å². The third kappa shape index (κ3) is 4.89. The molecule has 1 amide bonds. The van der Waals surface area contributed by atoms with Gasteiger partial charge >= 0.3 is 0 Å². The Bertz CT molecular complexity index is 1040. The third-order valence-electron chi connectivity index (χ3n) is 3.98. The molecule has 0 saturated heterocycles. The lowest BCUT2D eigenvalue weighted by Crippen LogP contribution is -2.16. The first kappa shape index (κ1) is 19.0. The summed E-state index contributed by atoms with van der Waals surface area (Å²) in [4.78, 5) is 20.9. The molecule has 0 aliphatic heterocycles. The number of aryl methyl sites for hydroxylation is 1. The number of carbonyl (C=O) groups excluding carboxylic acids is 1. The Kier molecular flexibility index (Phi) is 5.92. The zero-order chi connectivity index (χ0) is 19.9. The minimum Gasteiger partial charge on any atom is -0.370 e. The van der Waals surface area contributed by atoms with Gasteiger partial charge in [0.1, 0.15) is 23.2 Å². The van der Waals surface area contributed by atoms with E-state index in [4.69, 9.17) is 5.26 Å². The van der Waals surface area contributed by atoms with Crippen molar-refractivity contribution in [1.29, 1.82) is 5.26 Å². The second-order valence-corrected chi connectivity index (χ2v) is 6.10. The maximum atomic E-state index is 13.7. The zero-order valence-electron chi connectivity index (χ0n) is 15.2. The molecule has 3 rings (SSSR count). The quantitative estimate of drug-likeness (QED) is 0.685. The van der Waals surface area contributed by atoms with Crippen LogP contribution in [0.3, 0.4) is 0 Å². The van der Waals surface area contributed by atoms with Crippen molar-refractivity contribution in [2.45, 2.75) is 13.3 Å². The smallest absolute Gasteiger partial charge is 0.274 e. The minimum atomic E-state index is -0.405. The van der Waals surface area contributed by atoms with Crippen LogP contribution in [0, 0.1) is 24.1 Å². The highest BCUT2D eigenvalue weighted by atomic mass is 19.1. The highest BCUT2D eigenvalue weighted by Gasteiger charge is 2.11. The van der Waals surface area contributed by atoms with E-state index in [9.17, 15) is 9.18 Å². The number of carbonyl (C=O) groups is 1. The summed E-state index contributed by atoms with van der Waals surface area (Å²) >= 11 is 0. The van der Waals surface area contributed by atoms with E-state index < -0.39 is 5.91 Å². The van der Waals surface area contributed by atoms with E-state index in [1.807, 2.05) is 6.07 Å². The summed E-state index contributed by atoms with van der Waals surface area (Å²) in [6.07, 6.45) is 0.484. The number of amides is 1. The molecular formula is C21H18FN5O. The second-order valence-electron chi connectivity index (χ2n) is 6.10. The van der Waals surface area contributed by atoms with Gasteiger partial charge in [0.05, 0.1) is 11.6 Å². The first-order chi connectivity index (χ1) is 13.5. The Morgan fingerprint density at radius 1 is 1.14 bits per heavy atom. The highest BCUT2D eigenvalue weighted by Crippen LogP contribution is 2.13. The number of nitriles is 1. The Morgan fingerprint density at radius 3 is 2.75 bits per heavy atom. The summed E-state index contributed by atoms with van der Waals surface area (Å²) in [5, 5.41) is 14.8. The molecule has 1 heterocycles.